The first-order valence-corrected chi connectivity index (χ1v) is 6.62. The zero-order valence-corrected chi connectivity index (χ0v) is 10.9. The Morgan fingerprint density at radius 3 is 2.58 bits per heavy atom. The summed E-state index contributed by atoms with van der Waals surface area (Å²) in [4.78, 5) is 15.3. The lowest BCUT2D eigenvalue weighted by molar-refractivity contribution is -0.137. The topological polar surface area (TPSA) is 58.9 Å². The number of ether oxygens (including phenoxy) is 1. The predicted octanol–water partition coefficient (Wildman–Crippen LogP) is 2.36. The van der Waals surface area contributed by atoms with Crippen molar-refractivity contribution in [2.45, 2.75) is 37.6 Å². The molecular formula is C15H17NO3. The Bertz CT molecular complexity index is 529. The van der Waals surface area contributed by atoms with Crippen LogP contribution in [-0.4, -0.2) is 29.6 Å². The Balaban J connectivity index is 1.80. The van der Waals surface area contributed by atoms with Crippen LogP contribution in [0.4, 0.5) is 0 Å². The maximum absolute atomic E-state index is 10.9. The maximum atomic E-state index is 10.9. The highest BCUT2D eigenvalue weighted by Gasteiger charge is 2.45. The second-order valence-corrected chi connectivity index (χ2v) is 5.52. The van der Waals surface area contributed by atoms with Crippen LogP contribution in [0.5, 0.6) is 0 Å². The fraction of sp³-hybridized carbons (Fsp3) is 0.467. The number of hydrogen-bond acceptors (Lipinski definition) is 3. The number of benzene rings is 1. The van der Waals surface area contributed by atoms with Crippen molar-refractivity contribution < 1.29 is 14.6 Å². The van der Waals surface area contributed by atoms with Crippen LogP contribution in [0.15, 0.2) is 29.3 Å². The summed E-state index contributed by atoms with van der Waals surface area (Å²) in [5, 5.41) is 8.97. The number of nitrogens with zero attached hydrogens (tertiary/aromatic N) is 1. The number of aliphatic carboxylic acids is 1. The summed E-state index contributed by atoms with van der Waals surface area (Å²) in [6, 6.07) is 8.21. The molecule has 0 bridgehead atoms. The van der Waals surface area contributed by atoms with E-state index in [1.54, 1.807) is 0 Å². The summed E-state index contributed by atoms with van der Waals surface area (Å²) < 4.78 is 5.51. The molecular weight excluding hydrogens is 242 g/mol. The number of carboxylic acids is 1. The Morgan fingerprint density at radius 1 is 1.42 bits per heavy atom. The first-order chi connectivity index (χ1) is 9.09. The highest BCUT2D eigenvalue weighted by atomic mass is 16.5. The van der Waals surface area contributed by atoms with Crippen molar-refractivity contribution in [3.05, 3.63) is 35.4 Å². The molecule has 0 spiro atoms. The number of carboxylic acid groups (broad SMARTS) is 1. The molecule has 1 aromatic rings. The quantitative estimate of drug-likeness (QED) is 0.903. The van der Waals surface area contributed by atoms with Gasteiger partial charge in [0.2, 0.25) is 5.90 Å². The summed E-state index contributed by atoms with van der Waals surface area (Å²) in [6.45, 7) is 2.66. The van der Waals surface area contributed by atoms with Crippen LogP contribution in [0.1, 0.15) is 37.3 Å². The van der Waals surface area contributed by atoms with E-state index in [1.165, 1.54) is 0 Å². The lowest BCUT2D eigenvalue weighted by Crippen LogP contribution is -2.13. The van der Waals surface area contributed by atoms with E-state index in [-0.39, 0.29) is 17.9 Å². The largest absolute Gasteiger partial charge is 0.481 e. The molecule has 0 saturated heterocycles. The van der Waals surface area contributed by atoms with Crippen molar-refractivity contribution in [2.24, 2.45) is 4.99 Å². The van der Waals surface area contributed by atoms with Gasteiger partial charge in [-0.05, 0) is 37.5 Å². The van der Waals surface area contributed by atoms with E-state index in [2.05, 4.69) is 4.99 Å². The molecule has 4 heteroatoms. The first kappa shape index (κ1) is 12.2. The molecule has 1 saturated carbocycles. The zero-order valence-electron chi connectivity index (χ0n) is 10.9. The average molecular weight is 259 g/mol. The van der Waals surface area contributed by atoms with Crippen molar-refractivity contribution in [1.82, 2.24) is 0 Å². The van der Waals surface area contributed by atoms with Gasteiger partial charge in [-0.1, -0.05) is 12.1 Å². The lowest BCUT2D eigenvalue weighted by Gasteiger charge is -2.13. The molecule has 1 fully saturated rings. The van der Waals surface area contributed by atoms with Crippen LogP contribution in [0.2, 0.25) is 0 Å². The average Bonchev–Trinajstić information content (AvgIpc) is 3.02. The molecule has 1 heterocycles. The van der Waals surface area contributed by atoms with E-state index in [9.17, 15) is 4.79 Å². The molecule has 1 aliphatic heterocycles. The first-order valence-electron chi connectivity index (χ1n) is 6.62. The summed E-state index contributed by atoms with van der Waals surface area (Å²) in [5.74, 6) is -0.0268. The van der Waals surface area contributed by atoms with Gasteiger partial charge in [0.1, 0.15) is 6.61 Å². The van der Waals surface area contributed by atoms with Gasteiger partial charge in [-0.15, -0.1) is 0 Å². The van der Waals surface area contributed by atoms with Gasteiger partial charge in [0, 0.05) is 11.0 Å². The Morgan fingerprint density at radius 2 is 2.11 bits per heavy atom. The third kappa shape index (κ3) is 2.35. The zero-order chi connectivity index (χ0) is 13.5. The highest BCUT2D eigenvalue weighted by molar-refractivity contribution is 5.95. The predicted molar refractivity (Wildman–Crippen MR) is 71.6 cm³/mol. The van der Waals surface area contributed by atoms with Crippen molar-refractivity contribution in [1.29, 1.82) is 0 Å². The van der Waals surface area contributed by atoms with Crippen LogP contribution in [0.3, 0.4) is 0 Å². The van der Waals surface area contributed by atoms with E-state index in [0.717, 1.165) is 24.0 Å². The molecule has 2 aliphatic rings. The van der Waals surface area contributed by atoms with Gasteiger partial charge in [-0.25, -0.2) is 4.99 Å². The summed E-state index contributed by atoms with van der Waals surface area (Å²) >= 11 is 0. The van der Waals surface area contributed by atoms with Gasteiger partial charge < -0.3 is 9.84 Å². The monoisotopic (exact) mass is 259 g/mol. The van der Waals surface area contributed by atoms with Crippen molar-refractivity contribution in [2.75, 3.05) is 6.61 Å². The second kappa shape index (κ2) is 4.37. The third-order valence-electron chi connectivity index (χ3n) is 3.89. The summed E-state index contributed by atoms with van der Waals surface area (Å²) in [6.07, 6.45) is 2.15. The minimum atomic E-state index is -0.723. The molecule has 100 valence electrons. The van der Waals surface area contributed by atoms with Crippen LogP contribution >= 0.6 is 0 Å². The number of carbonyl (C=O) groups is 1. The normalized spacial score (nSPS) is 23.6. The third-order valence-corrected chi connectivity index (χ3v) is 3.89. The van der Waals surface area contributed by atoms with Crippen molar-refractivity contribution in [3.63, 3.8) is 0 Å². The molecule has 0 amide bonds. The smallest absolute Gasteiger partial charge is 0.304 e. The molecule has 4 nitrogen and oxygen atoms in total. The fourth-order valence-corrected chi connectivity index (χ4v) is 2.61. The van der Waals surface area contributed by atoms with E-state index < -0.39 is 5.97 Å². The van der Waals surface area contributed by atoms with Gasteiger partial charge in [0.25, 0.3) is 0 Å². The lowest BCUT2D eigenvalue weighted by atomic mass is 9.92. The van der Waals surface area contributed by atoms with Crippen molar-refractivity contribution in [3.8, 4) is 0 Å². The molecule has 1 N–H and O–H groups in total. The number of rotatable bonds is 4. The fourth-order valence-electron chi connectivity index (χ4n) is 2.61. The molecule has 1 aromatic carbocycles. The van der Waals surface area contributed by atoms with Crippen LogP contribution < -0.4 is 0 Å². The van der Waals surface area contributed by atoms with E-state index in [0.29, 0.717) is 12.5 Å². The molecule has 3 rings (SSSR count). The second-order valence-electron chi connectivity index (χ2n) is 5.52. The summed E-state index contributed by atoms with van der Waals surface area (Å²) in [5.41, 5.74) is 1.96. The van der Waals surface area contributed by atoms with Gasteiger partial charge >= 0.3 is 5.97 Å². The number of aliphatic imine (C=N–C) groups is 1. The number of hydrogen-bond donors (Lipinski definition) is 1. The Kier molecular flexibility index (Phi) is 2.81. The van der Waals surface area contributed by atoms with E-state index in [4.69, 9.17) is 9.84 Å². The van der Waals surface area contributed by atoms with Gasteiger partial charge in [0.15, 0.2) is 0 Å². The standard InChI is InChI=1S/C15H17NO3/c1-10-9-19-14(16-10)11-2-4-12(5-3-11)15(6-7-15)8-13(17)18/h2-5,10H,6-9H2,1H3,(H,17,18). The molecule has 19 heavy (non-hydrogen) atoms. The molecule has 0 radical (unpaired) electrons. The molecule has 1 aliphatic carbocycles. The van der Waals surface area contributed by atoms with Crippen LogP contribution in [-0.2, 0) is 14.9 Å². The Labute approximate surface area is 112 Å². The summed E-state index contributed by atoms with van der Waals surface area (Å²) in [7, 11) is 0. The van der Waals surface area contributed by atoms with Crippen LogP contribution in [0, 0.1) is 0 Å². The van der Waals surface area contributed by atoms with E-state index in [1.807, 2.05) is 31.2 Å². The molecule has 1 unspecified atom stereocenters. The Hall–Kier alpha value is -1.84. The van der Waals surface area contributed by atoms with Gasteiger partial charge in [-0.2, -0.15) is 0 Å². The minimum Gasteiger partial charge on any atom is -0.481 e. The van der Waals surface area contributed by atoms with Gasteiger partial charge in [0.05, 0.1) is 12.5 Å². The molecule has 0 aromatic heterocycles. The minimum absolute atomic E-state index is 0.129. The van der Waals surface area contributed by atoms with Crippen molar-refractivity contribution >= 4 is 11.9 Å². The van der Waals surface area contributed by atoms with E-state index >= 15 is 0 Å². The van der Waals surface area contributed by atoms with Crippen LogP contribution in [0.25, 0.3) is 0 Å². The van der Waals surface area contributed by atoms with Gasteiger partial charge in [-0.3, -0.25) is 4.79 Å². The SMILES string of the molecule is CC1COC(c2ccc(C3(CC(=O)O)CC3)cc2)=N1. The molecule has 1 atom stereocenters. The highest BCUT2D eigenvalue weighted by Crippen LogP contribution is 2.51. The maximum Gasteiger partial charge on any atom is 0.304 e.